The molecule has 0 amide bonds. The molecular formula is C11H18N2O2. The van der Waals surface area contributed by atoms with E-state index in [2.05, 4.69) is 5.10 Å². The molecule has 0 aromatic carbocycles. The van der Waals surface area contributed by atoms with E-state index >= 15 is 0 Å². The topological polar surface area (TPSA) is 44.1 Å². The zero-order valence-corrected chi connectivity index (χ0v) is 9.56. The molecule has 0 radical (unpaired) electrons. The Balaban J connectivity index is 2.76. The van der Waals surface area contributed by atoms with Crippen LogP contribution in [0.4, 0.5) is 0 Å². The third-order valence-electron chi connectivity index (χ3n) is 2.16. The first kappa shape index (κ1) is 11.9. The van der Waals surface area contributed by atoms with E-state index in [1.807, 2.05) is 27.1 Å². The Labute approximate surface area is 90.2 Å². The third kappa shape index (κ3) is 3.16. The molecule has 15 heavy (non-hydrogen) atoms. The van der Waals surface area contributed by atoms with Crippen LogP contribution in [0, 0.1) is 0 Å². The molecule has 0 saturated heterocycles. The van der Waals surface area contributed by atoms with Crippen LogP contribution in [-0.4, -0.2) is 22.2 Å². The molecule has 0 fully saturated rings. The number of Topliss-reactive ketones (excluding diaryl/α,β-unsaturated/α-hetero) is 1. The van der Waals surface area contributed by atoms with E-state index in [0.29, 0.717) is 13.0 Å². The van der Waals surface area contributed by atoms with Gasteiger partial charge in [-0.25, -0.2) is 0 Å². The first-order valence-corrected chi connectivity index (χ1v) is 5.31. The highest BCUT2D eigenvalue weighted by Crippen LogP contribution is 2.19. The molecule has 1 heterocycles. The van der Waals surface area contributed by atoms with Crippen LogP contribution >= 0.6 is 0 Å². The van der Waals surface area contributed by atoms with Crippen molar-refractivity contribution < 1.29 is 9.53 Å². The minimum Gasteiger partial charge on any atom is -0.366 e. The van der Waals surface area contributed by atoms with Gasteiger partial charge in [-0.3, -0.25) is 9.48 Å². The summed E-state index contributed by atoms with van der Waals surface area (Å²) in [6.07, 6.45) is 4.47. The van der Waals surface area contributed by atoms with Gasteiger partial charge in [-0.2, -0.15) is 5.10 Å². The predicted octanol–water partition coefficient (Wildman–Crippen LogP) is 1.87. The van der Waals surface area contributed by atoms with E-state index in [1.165, 1.54) is 0 Å². The fourth-order valence-corrected chi connectivity index (χ4v) is 1.37. The monoisotopic (exact) mass is 210 g/mol. The molecule has 4 heteroatoms. The number of carbonyl (C=O) groups is 1. The second-order valence-corrected chi connectivity index (χ2v) is 3.52. The highest BCUT2D eigenvalue weighted by atomic mass is 16.5. The summed E-state index contributed by atoms with van der Waals surface area (Å²) in [6, 6.07) is 0. The van der Waals surface area contributed by atoms with Gasteiger partial charge >= 0.3 is 0 Å². The van der Waals surface area contributed by atoms with Gasteiger partial charge in [-0.1, -0.05) is 13.8 Å². The SMILES string of the molecule is CCCOC(C(=O)CC)c1cnn(C)c1. The van der Waals surface area contributed by atoms with Gasteiger partial charge in [-0.05, 0) is 6.42 Å². The number of aryl methyl sites for hydroxylation is 1. The molecule has 4 nitrogen and oxygen atoms in total. The smallest absolute Gasteiger partial charge is 0.165 e. The summed E-state index contributed by atoms with van der Waals surface area (Å²) in [5, 5.41) is 4.05. The Hall–Kier alpha value is -1.16. The molecule has 1 aromatic heterocycles. The number of ketones is 1. The quantitative estimate of drug-likeness (QED) is 0.720. The van der Waals surface area contributed by atoms with Gasteiger partial charge in [0.05, 0.1) is 6.20 Å². The summed E-state index contributed by atoms with van der Waals surface area (Å²) in [4.78, 5) is 11.7. The van der Waals surface area contributed by atoms with Crippen molar-refractivity contribution in [2.45, 2.75) is 32.8 Å². The maximum absolute atomic E-state index is 11.7. The molecule has 0 aliphatic carbocycles. The Bertz CT molecular complexity index is 320. The summed E-state index contributed by atoms with van der Waals surface area (Å²) >= 11 is 0. The number of rotatable bonds is 6. The molecule has 0 N–H and O–H groups in total. The van der Waals surface area contributed by atoms with Crippen molar-refractivity contribution in [2.24, 2.45) is 7.05 Å². The van der Waals surface area contributed by atoms with Crippen LogP contribution < -0.4 is 0 Å². The van der Waals surface area contributed by atoms with Crippen molar-refractivity contribution >= 4 is 5.78 Å². The lowest BCUT2D eigenvalue weighted by molar-refractivity contribution is -0.130. The van der Waals surface area contributed by atoms with Crippen molar-refractivity contribution in [1.29, 1.82) is 0 Å². The number of ether oxygens (including phenoxy) is 1. The van der Waals surface area contributed by atoms with Gasteiger partial charge < -0.3 is 4.74 Å². The summed E-state index contributed by atoms with van der Waals surface area (Å²) in [5.41, 5.74) is 0.845. The summed E-state index contributed by atoms with van der Waals surface area (Å²) in [5.74, 6) is 0.108. The first-order chi connectivity index (χ1) is 7.19. The van der Waals surface area contributed by atoms with E-state index in [1.54, 1.807) is 10.9 Å². The van der Waals surface area contributed by atoms with E-state index < -0.39 is 6.10 Å². The lowest BCUT2D eigenvalue weighted by Crippen LogP contribution is -2.15. The molecule has 1 unspecified atom stereocenters. The van der Waals surface area contributed by atoms with Crippen LogP contribution in [0.2, 0.25) is 0 Å². The Morgan fingerprint density at radius 2 is 2.33 bits per heavy atom. The average Bonchev–Trinajstić information content (AvgIpc) is 2.65. The van der Waals surface area contributed by atoms with E-state index in [9.17, 15) is 4.79 Å². The highest BCUT2D eigenvalue weighted by molar-refractivity contribution is 5.83. The zero-order valence-electron chi connectivity index (χ0n) is 9.56. The van der Waals surface area contributed by atoms with Crippen LogP contribution in [-0.2, 0) is 16.6 Å². The van der Waals surface area contributed by atoms with Crippen molar-refractivity contribution in [3.63, 3.8) is 0 Å². The highest BCUT2D eigenvalue weighted by Gasteiger charge is 2.20. The molecule has 1 atom stereocenters. The minimum atomic E-state index is -0.441. The number of carbonyl (C=O) groups excluding carboxylic acids is 1. The number of nitrogens with zero attached hydrogens (tertiary/aromatic N) is 2. The van der Waals surface area contributed by atoms with E-state index in [4.69, 9.17) is 4.74 Å². The summed E-state index contributed by atoms with van der Waals surface area (Å²) < 4.78 is 7.22. The lowest BCUT2D eigenvalue weighted by atomic mass is 10.1. The molecule has 0 spiro atoms. The van der Waals surface area contributed by atoms with Crippen LogP contribution in [0.3, 0.4) is 0 Å². The van der Waals surface area contributed by atoms with E-state index in [-0.39, 0.29) is 5.78 Å². The lowest BCUT2D eigenvalue weighted by Gasteiger charge is -2.13. The largest absolute Gasteiger partial charge is 0.366 e. The fourth-order valence-electron chi connectivity index (χ4n) is 1.37. The maximum Gasteiger partial charge on any atom is 0.165 e. The third-order valence-corrected chi connectivity index (χ3v) is 2.16. The van der Waals surface area contributed by atoms with Crippen molar-refractivity contribution in [2.75, 3.05) is 6.61 Å². The van der Waals surface area contributed by atoms with Gasteiger partial charge in [-0.15, -0.1) is 0 Å². The standard InChI is InChI=1S/C11H18N2O2/c1-4-6-15-11(10(14)5-2)9-7-12-13(3)8-9/h7-8,11H,4-6H2,1-3H3. The van der Waals surface area contributed by atoms with Crippen molar-refractivity contribution in [3.8, 4) is 0 Å². The van der Waals surface area contributed by atoms with E-state index in [0.717, 1.165) is 12.0 Å². The molecule has 84 valence electrons. The molecule has 0 saturated carbocycles. The van der Waals surface area contributed by atoms with Crippen molar-refractivity contribution in [3.05, 3.63) is 18.0 Å². The predicted molar refractivity (Wildman–Crippen MR) is 57.5 cm³/mol. The van der Waals surface area contributed by atoms with Crippen molar-refractivity contribution in [1.82, 2.24) is 9.78 Å². The van der Waals surface area contributed by atoms with Crippen LogP contribution in [0.5, 0.6) is 0 Å². The zero-order chi connectivity index (χ0) is 11.3. The number of aromatic nitrogens is 2. The van der Waals surface area contributed by atoms with Crippen LogP contribution in [0.1, 0.15) is 38.4 Å². The Morgan fingerprint density at radius 3 is 2.80 bits per heavy atom. The van der Waals surface area contributed by atoms with Gasteiger partial charge in [0, 0.05) is 31.8 Å². The maximum atomic E-state index is 11.7. The van der Waals surface area contributed by atoms with Crippen LogP contribution in [0.15, 0.2) is 12.4 Å². The number of hydrogen-bond acceptors (Lipinski definition) is 3. The molecule has 0 bridgehead atoms. The van der Waals surface area contributed by atoms with Gasteiger partial charge in [0.25, 0.3) is 0 Å². The molecule has 1 aromatic rings. The first-order valence-electron chi connectivity index (χ1n) is 5.31. The second kappa shape index (κ2) is 5.66. The molecule has 0 aliphatic rings. The molecule has 1 rings (SSSR count). The minimum absolute atomic E-state index is 0.108. The average molecular weight is 210 g/mol. The second-order valence-electron chi connectivity index (χ2n) is 3.52. The molecule has 0 aliphatic heterocycles. The normalized spacial score (nSPS) is 12.7. The van der Waals surface area contributed by atoms with Gasteiger partial charge in [0.2, 0.25) is 0 Å². The fraction of sp³-hybridized carbons (Fsp3) is 0.636. The van der Waals surface area contributed by atoms with Crippen LogP contribution in [0.25, 0.3) is 0 Å². The Morgan fingerprint density at radius 1 is 1.60 bits per heavy atom. The molecular weight excluding hydrogens is 192 g/mol. The van der Waals surface area contributed by atoms with Gasteiger partial charge in [0.15, 0.2) is 5.78 Å². The summed E-state index contributed by atoms with van der Waals surface area (Å²) in [7, 11) is 1.83. The summed E-state index contributed by atoms with van der Waals surface area (Å²) in [6.45, 7) is 4.48. The number of hydrogen-bond donors (Lipinski definition) is 0. The Kier molecular flexibility index (Phi) is 4.49. The van der Waals surface area contributed by atoms with Gasteiger partial charge in [0.1, 0.15) is 6.10 Å².